The maximum atomic E-state index is 12.3. The van der Waals surface area contributed by atoms with Crippen LogP contribution < -0.4 is 5.32 Å². The number of carbonyl (C=O) groups excluding carboxylic acids is 4. The van der Waals surface area contributed by atoms with Crippen LogP contribution in [-0.4, -0.2) is 42.2 Å². The SMILES string of the molecule is COC(=O)c1sc(NC(=O)CCN2C(=O)c3ccccc3C2=O)cc1C. The van der Waals surface area contributed by atoms with Crippen molar-refractivity contribution in [2.45, 2.75) is 13.3 Å². The summed E-state index contributed by atoms with van der Waals surface area (Å²) in [6.45, 7) is 1.74. The Balaban J connectivity index is 1.61. The first-order valence-electron chi connectivity index (χ1n) is 7.86. The lowest BCUT2D eigenvalue weighted by atomic mass is 10.1. The number of imide groups is 1. The van der Waals surface area contributed by atoms with Gasteiger partial charge in [0, 0.05) is 13.0 Å². The molecule has 0 saturated heterocycles. The molecule has 1 aliphatic rings. The van der Waals surface area contributed by atoms with E-state index >= 15 is 0 Å². The number of nitrogens with one attached hydrogen (secondary N) is 1. The molecule has 0 unspecified atom stereocenters. The van der Waals surface area contributed by atoms with E-state index in [2.05, 4.69) is 10.1 Å². The Hall–Kier alpha value is -3.00. The number of hydrogen-bond donors (Lipinski definition) is 1. The van der Waals surface area contributed by atoms with E-state index in [1.165, 1.54) is 7.11 Å². The van der Waals surface area contributed by atoms with Crippen LogP contribution in [0.15, 0.2) is 30.3 Å². The molecule has 0 fully saturated rings. The zero-order valence-electron chi connectivity index (χ0n) is 14.2. The van der Waals surface area contributed by atoms with Crippen molar-refractivity contribution in [1.82, 2.24) is 4.90 Å². The van der Waals surface area contributed by atoms with Crippen molar-refractivity contribution in [3.8, 4) is 0 Å². The quantitative estimate of drug-likeness (QED) is 0.643. The predicted molar refractivity (Wildman–Crippen MR) is 95.5 cm³/mol. The summed E-state index contributed by atoms with van der Waals surface area (Å²) in [5.74, 6) is -1.59. The first-order valence-corrected chi connectivity index (χ1v) is 8.68. The number of amides is 3. The molecule has 3 rings (SSSR count). The molecular formula is C18H16N2O5S. The molecule has 26 heavy (non-hydrogen) atoms. The van der Waals surface area contributed by atoms with Crippen LogP contribution in [0.5, 0.6) is 0 Å². The van der Waals surface area contributed by atoms with Gasteiger partial charge in [-0.2, -0.15) is 0 Å². The van der Waals surface area contributed by atoms with Crippen molar-refractivity contribution in [2.24, 2.45) is 0 Å². The summed E-state index contributed by atoms with van der Waals surface area (Å²) in [7, 11) is 1.29. The predicted octanol–water partition coefficient (Wildman–Crippen LogP) is 2.47. The van der Waals surface area contributed by atoms with Crippen LogP contribution in [-0.2, 0) is 9.53 Å². The fourth-order valence-electron chi connectivity index (χ4n) is 2.69. The third-order valence-corrected chi connectivity index (χ3v) is 5.12. The molecule has 0 bridgehead atoms. The van der Waals surface area contributed by atoms with Crippen LogP contribution in [0.4, 0.5) is 5.00 Å². The highest BCUT2D eigenvalue weighted by molar-refractivity contribution is 7.18. The van der Waals surface area contributed by atoms with E-state index in [0.717, 1.165) is 16.2 Å². The van der Waals surface area contributed by atoms with Crippen LogP contribution in [0.1, 0.15) is 42.4 Å². The highest BCUT2D eigenvalue weighted by Crippen LogP contribution is 2.27. The lowest BCUT2D eigenvalue weighted by molar-refractivity contribution is -0.116. The topological polar surface area (TPSA) is 92.8 Å². The zero-order chi connectivity index (χ0) is 18.8. The minimum Gasteiger partial charge on any atom is -0.465 e. The molecule has 2 heterocycles. The number of nitrogens with zero attached hydrogens (tertiary/aromatic N) is 1. The summed E-state index contributed by atoms with van der Waals surface area (Å²) in [4.78, 5) is 49.8. The van der Waals surface area contributed by atoms with Crippen LogP contribution in [0.3, 0.4) is 0 Å². The minimum atomic E-state index is -0.459. The summed E-state index contributed by atoms with van der Waals surface area (Å²) < 4.78 is 4.68. The largest absolute Gasteiger partial charge is 0.465 e. The number of thiophene rings is 1. The molecule has 1 aromatic carbocycles. The number of benzene rings is 1. The maximum Gasteiger partial charge on any atom is 0.348 e. The summed E-state index contributed by atoms with van der Waals surface area (Å²) in [6, 6.07) is 8.25. The molecule has 0 atom stereocenters. The molecule has 8 heteroatoms. The fraction of sp³-hybridized carbons (Fsp3) is 0.222. The van der Waals surface area contributed by atoms with Crippen LogP contribution in [0, 0.1) is 6.92 Å². The first-order chi connectivity index (χ1) is 12.4. The van der Waals surface area contributed by atoms with Crippen molar-refractivity contribution >= 4 is 40.0 Å². The molecule has 1 aliphatic heterocycles. The van der Waals surface area contributed by atoms with Crippen LogP contribution in [0.2, 0.25) is 0 Å². The van der Waals surface area contributed by atoms with E-state index in [-0.39, 0.29) is 18.9 Å². The average molecular weight is 372 g/mol. The molecule has 0 aliphatic carbocycles. The summed E-state index contributed by atoms with van der Waals surface area (Å²) >= 11 is 1.12. The third-order valence-electron chi connectivity index (χ3n) is 3.99. The second-order valence-corrected chi connectivity index (χ2v) is 6.77. The lowest BCUT2D eigenvalue weighted by Crippen LogP contribution is -2.32. The smallest absolute Gasteiger partial charge is 0.348 e. The zero-order valence-corrected chi connectivity index (χ0v) is 15.0. The van der Waals surface area contributed by atoms with Crippen LogP contribution in [0.25, 0.3) is 0 Å². The highest BCUT2D eigenvalue weighted by Gasteiger charge is 2.34. The Labute approximate surface area is 153 Å². The van der Waals surface area contributed by atoms with E-state index in [1.54, 1.807) is 37.3 Å². The van der Waals surface area contributed by atoms with Gasteiger partial charge in [0.15, 0.2) is 0 Å². The van der Waals surface area contributed by atoms with Crippen molar-refractivity contribution in [3.63, 3.8) is 0 Å². The van der Waals surface area contributed by atoms with E-state index in [0.29, 0.717) is 26.6 Å². The molecule has 2 aromatic rings. The number of aryl methyl sites for hydroxylation is 1. The molecule has 3 amide bonds. The third kappa shape index (κ3) is 3.23. The average Bonchev–Trinajstić information content (AvgIpc) is 3.11. The Kier molecular flexibility index (Phi) is 4.85. The molecular weight excluding hydrogens is 356 g/mol. The molecule has 0 spiro atoms. The monoisotopic (exact) mass is 372 g/mol. The second kappa shape index (κ2) is 7.09. The van der Waals surface area contributed by atoms with Gasteiger partial charge < -0.3 is 10.1 Å². The van der Waals surface area contributed by atoms with E-state index < -0.39 is 17.8 Å². The highest BCUT2D eigenvalue weighted by atomic mass is 32.1. The van der Waals surface area contributed by atoms with Gasteiger partial charge in [0.05, 0.1) is 23.2 Å². The lowest BCUT2D eigenvalue weighted by Gasteiger charge is -2.13. The number of esters is 1. The van der Waals surface area contributed by atoms with E-state index in [1.807, 2.05) is 0 Å². The second-order valence-electron chi connectivity index (χ2n) is 5.72. The number of ether oxygens (including phenoxy) is 1. The Morgan fingerprint density at radius 1 is 1.15 bits per heavy atom. The standard InChI is InChI=1S/C18H16N2O5S/c1-10-9-14(26-15(10)18(24)25-2)19-13(21)7-8-20-16(22)11-5-3-4-6-12(11)17(20)23/h3-6,9H,7-8H2,1-2H3,(H,19,21). The van der Waals surface area contributed by atoms with Gasteiger partial charge in [-0.25, -0.2) is 4.79 Å². The van der Waals surface area contributed by atoms with Gasteiger partial charge in [0.25, 0.3) is 11.8 Å². The Morgan fingerprint density at radius 2 is 1.77 bits per heavy atom. The van der Waals surface area contributed by atoms with Gasteiger partial charge >= 0.3 is 5.97 Å². The van der Waals surface area contributed by atoms with Gasteiger partial charge in [0.2, 0.25) is 5.91 Å². The summed E-state index contributed by atoms with van der Waals surface area (Å²) in [5.41, 5.74) is 1.42. The molecule has 134 valence electrons. The van der Waals surface area contributed by atoms with Crippen molar-refractivity contribution in [2.75, 3.05) is 19.0 Å². The Morgan fingerprint density at radius 3 is 2.35 bits per heavy atom. The van der Waals surface area contributed by atoms with Crippen LogP contribution >= 0.6 is 11.3 Å². The Bertz CT molecular complexity index is 883. The number of fused-ring (bicyclic) bond motifs is 1. The van der Waals surface area contributed by atoms with Gasteiger partial charge in [0.1, 0.15) is 4.88 Å². The van der Waals surface area contributed by atoms with Gasteiger partial charge in [-0.15, -0.1) is 11.3 Å². The first kappa shape index (κ1) is 17.8. The molecule has 0 radical (unpaired) electrons. The van der Waals surface area contributed by atoms with Crippen molar-refractivity contribution in [1.29, 1.82) is 0 Å². The van der Waals surface area contributed by atoms with Crippen molar-refractivity contribution < 1.29 is 23.9 Å². The normalized spacial score (nSPS) is 12.9. The number of anilines is 1. The van der Waals surface area contributed by atoms with Crippen molar-refractivity contribution in [3.05, 3.63) is 51.9 Å². The number of methoxy groups -OCH3 is 1. The molecule has 1 aromatic heterocycles. The van der Waals surface area contributed by atoms with Gasteiger partial charge in [-0.1, -0.05) is 12.1 Å². The summed E-state index contributed by atoms with van der Waals surface area (Å²) in [6.07, 6.45) is -0.0318. The fourth-order valence-corrected chi connectivity index (χ4v) is 3.70. The minimum absolute atomic E-state index is 0.00754. The van der Waals surface area contributed by atoms with Gasteiger partial charge in [-0.05, 0) is 30.7 Å². The maximum absolute atomic E-state index is 12.3. The molecule has 7 nitrogen and oxygen atoms in total. The number of hydrogen-bond acceptors (Lipinski definition) is 6. The van der Waals surface area contributed by atoms with E-state index in [4.69, 9.17) is 0 Å². The molecule has 1 N–H and O–H groups in total. The molecule has 0 saturated carbocycles. The number of rotatable bonds is 5. The van der Waals surface area contributed by atoms with E-state index in [9.17, 15) is 19.2 Å². The number of carbonyl (C=O) groups is 4. The summed E-state index contributed by atoms with van der Waals surface area (Å²) in [5, 5.41) is 3.19. The van der Waals surface area contributed by atoms with Gasteiger partial charge in [-0.3, -0.25) is 19.3 Å².